The van der Waals surface area contributed by atoms with Crippen molar-refractivity contribution in [2.24, 2.45) is 0 Å². The second-order valence-corrected chi connectivity index (χ2v) is 6.14. The number of hydrogen-bond donors (Lipinski definition) is 1. The number of pyridine rings is 1. The molecule has 0 aliphatic carbocycles. The summed E-state index contributed by atoms with van der Waals surface area (Å²) in [5, 5.41) is 2.69. The lowest BCUT2D eigenvalue weighted by Crippen LogP contribution is -2.42. The SMILES string of the molecule is CC(C)(C)NC(=O)Oc1ccc(C(=O)N2CCCC2)nc1. The Morgan fingerprint density at radius 2 is 1.90 bits per heavy atom. The van der Waals surface area contributed by atoms with Gasteiger partial charge in [-0.1, -0.05) is 0 Å². The molecule has 114 valence electrons. The number of ether oxygens (including phenoxy) is 1. The average Bonchev–Trinajstić information content (AvgIpc) is 2.90. The highest BCUT2D eigenvalue weighted by molar-refractivity contribution is 5.92. The fraction of sp³-hybridized carbons (Fsp3) is 0.533. The van der Waals surface area contributed by atoms with Crippen LogP contribution in [0.15, 0.2) is 18.3 Å². The Balaban J connectivity index is 1.95. The molecule has 0 saturated carbocycles. The van der Waals surface area contributed by atoms with Gasteiger partial charge in [-0.2, -0.15) is 0 Å². The van der Waals surface area contributed by atoms with E-state index in [4.69, 9.17) is 4.74 Å². The summed E-state index contributed by atoms with van der Waals surface area (Å²) in [6.07, 6.45) is 2.94. The smallest absolute Gasteiger partial charge is 0.409 e. The third kappa shape index (κ3) is 4.44. The molecule has 2 heterocycles. The van der Waals surface area contributed by atoms with Crippen molar-refractivity contribution in [2.75, 3.05) is 13.1 Å². The molecule has 0 bridgehead atoms. The standard InChI is InChI=1S/C15H21N3O3/c1-15(2,3)17-14(20)21-11-6-7-12(16-10-11)13(19)18-8-4-5-9-18/h6-7,10H,4-5,8-9H2,1-3H3,(H,17,20). The highest BCUT2D eigenvalue weighted by Gasteiger charge is 2.21. The van der Waals surface area contributed by atoms with Gasteiger partial charge >= 0.3 is 6.09 Å². The van der Waals surface area contributed by atoms with Gasteiger partial charge < -0.3 is 15.0 Å². The van der Waals surface area contributed by atoms with Crippen LogP contribution in [0.4, 0.5) is 4.79 Å². The molecule has 1 aromatic heterocycles. The van der Waals surface area contributed by atoms with E-state index in [1.807, 2.05) is 20.8 Å². The number of carbonyl (C=O) groups is 2. The number of carbonyl (C=O) groups excluding carboxylic acids is 2. The van der Waals surface area contributed by atoms with E-state index in [1.165, 1.54) is 6.20 Å². The van der Waals surface area contributed by atoms with Gasteiger partial charge in [0.2, 0.25) is 0 Å². The maximum atomic E-state index is 12.1. The summed E-state index contributed by atoms with van der Waals surface area (Å²) >= 11 is 0. The van der Waals surface area contributed by atoms with Gasteiger partial charge in [-0.25, -0.2) is 9.78 Å². The molecule has 6 nitrogen and oxygen atoms in total. The molecule has 1 N–H and O–H groups in total. The van der Waals surface area contributed by atoms with E-state index in [-0.39, 0.29) is 11.4 Å². The second-order valence-electron chi connectivity index (χ2n) is 6.14. The van der Waals surface area contributed by atoms with Crippen molar-refractivity contribution in [3.8, 4) is 5.75 Å². The third-order valence-corrected chi connectivity index (χ3v) is 3.04. The predicted octanol–water partition coefficient (Wildman–Crippen LogP) is 2.20. The molecule has 21 heavy (non-hydrogen) atoms. The summed E-state index contributed by atoms with van der Waals surface area (Å²) < 4.78 is 5.11. The van der Waals surface area contributed by atoms with Crippen molar-refractivity contribution in [1.29, 1.82) is 0 Å². The first-order valence-corrected chi connectivity index (χ1v) is 7.10. The summed E-state index contributed by atoms with van der Waals surface area (Å²) in [6.45, 7) is 7.17. The topological polar surface area (TPSA) is 71.5 Å². The van der Waals surface area contributed by atoms with Crippen LogP contribution in [0.5, 0.6) is 5.75 Å². The van der Waals surface area contributed by atoms with Crippen LogP contribution in [0.2, 0.25) is 0 Å². The van der Waals surface area contributed by atoms with E-state index in [1.54, 1.807) is 17.0 Å². The van der Waals surface area contributed by atoms with E-state index >= 15 is 0 Å². The summed E-state index contributed by atoms with van der Waals surface area (Å²) in [5.74, 6) is 0.243. The minimum Gasteiger partial charge on any atom is -0.409 e. The number of nitrogens with one attached hydrogen (secondary N) is 1. The molecule has 0 radical (unpaired) electrons. The van der Waals surface area contributed by atoms with E-state index in [0.717, 1.165) is 25.9 Å². The Bertz CT molecular complexity index is 514. The van der Waals surface area contributed by atoms with Gasteiger partial charge in [0.15, 0.2) is 5.75 Å². The molecule has 0 aromatic carbocycles. The van der Waals surface area contributed by atoms with Gasteiger partial charge in [0.1, 0.15) is 5.69 Å². The quantitative estimate of drug-likeness (QED) is 0.906. The Labute approximate surface area is 124 Å². The minimum atomic E-state index is -0.539. The molecule has 0 atom stereocenters. The zero-order valence-corrected chi connectivity index (χ0v) is 12.7. The van der Waals surface area contributed by atoms with Crippen LogP contribution in [0.3, 0.4) is 0 Å². The number of likely N-dealkylation sites (tertiary alicyclic amines) is 1. The first kappa shape index (κ1) is 15.3. The summed E-state index contributed by atoms with van der Waals surface area (Å²) in [7, 11) is 0. The number of aromatic nitrogens is 1. The van der Waals surface area contributed by atoms with Crippen LogP contribution in [0.1, 0.15) is 44.1 Å². The van der Waals surface area contributed by atoms with Crippen molar-refractivity contribution in [2.45, 2.75) is 39.2 Å². The van der Waals surface area contributed by atoms with E-state index in [2.05, 4.69) is 10.3 Å². The molecule has 1 aliphatic rings. The van der Waals surface area contributed by atoms with Crippen molar-refractivity contribution in [3.63, 3.8) is 0 Å². The third-order valence-electron chi connectivity index (χ3n) is 3.04. The van der Waals surface area contributed by atoms with Crippen molar-refractivity contribution >= 4 is 12.0 Å². The molecular weight excluding hydrogens is 270 g/mol. The number of nitrogens with zero attached hydrogens (tertiary/aromatic N) is 2. The van der Waals surface area contributed by atoms with Crippen LogP contribution in [-0.2, 0) is 0 Å². The van der Waals surface area contributed by atoms with Crippen molar-refractivity contribution in [3.05, 3.63) is 24.0 Å². The maximum absolute atomic E-state index is 12.1. The maximum Gasteiger partial charge on any atom is 0.413 e. The zero-order chi connectivity index (χ0) is 15.5. The summed E-state index contributed by atoms with van der Waals surface area (Å²) in [4.78, 5) is 29.6. The van der Waals surface area contributed by atoms with Crippen LogP contribution < -0.4 is 10.1 Å². The van der Waals surface area contributed by atoms with Gasteiger partial charge in [-0.05, 0) is 45.7 Å². The van der Waals surface area contributed by atoms with Crippen LogP contribution in [0, 0.1) is 0 Å². The second kappa shape index (κ2) is 6.11. The van der Waals surface area contributed by atoms with Crippen LogP contribution in [0.25, 0.3) is 0 Å². The van der Waals surface area contributed by atoms with E-state index in [0.29, 0.717) is 11.4 Å². The fourth-order valence-corrected chi connectivity index (χ4v) is 2.09. The molecule has 1 saturated heterocycles. The molecule has 1 fully saturated rings. The summed E-state index contributed by atoms with van der Waals surface area (Å²) in [5.41, 5.74) is 0.0105. The Morgan fingerprint density at radius 3 is 2.43 bits per heavy atom. The number of hydrogen-bond acceptors (Lipinski definition) is 4. The normalized spacial score (nSPS) is 14.9. The molecule has 2 amide bonds. The molecule has 0 spiro atoms. The zero-order valence-electron chi connectivity index (χ0n) is 12.7. The highest BCUT2D eigenvalue weighted by Crippen LogP contribution is 2.14. The Morgan fingerprint density at radius 1 is 1.24 bits per heavy atom. The minimum absolute atomic E-state index is 0.0711. The highest BCUT2D eigenvalue weighted by atomic mass is 16.6. The van der Waals surface area contributed by atoms with Gasteiger partial charge in [0, 0.05) is 18.6 Å². The largest absolute Gasteiger partial charge is 0.413 e. The van der Waals surface area contributed by atoms with Gasteiger partial charge in [-0.15, -0.1) is 0 Å². The predicted molar refractivity (Wildman–Crippen MR) is 78.3 cm³/mol. The van der Waals surface area contributed by atoms with Crippen molar-refractivity contribution in [1.82, 2.24) is 15.2 Å². The molecule has 0 unspecified atom stereocenters. The molecular formula is C15H21N3O3. The van der Waals surface area contributed by atoms with Crippen LogP contribution in [-0.4, -0.2) is 40.5 Å². The van der Waals surface area contributed by atoms with E-state index < -0.39 is 6.09 Å². The summed E-state index contributed by atoms with van der Waals surface area (Å²) in [6, 6.07) is 3.17. The lowest BCUT2D eigenvalue weighted by Gasteiger charge is -2.19. The number of amides is 2. The molecule has 1 aromatic rings. The van der Waals surface area contributed by atoms with Gasteiger partial charge in [0.25, 0.3) is 5.91 Å². The molecule has 6 heteroatoms. The lowest BCUT2D eigenvalue weighted by molar-refractivity contribution is 0.0787. The molecule has 1 aliphatic heterocycles. The van der Waals surface area contributed by atoms with Crippen LogP contribution >= 0.6 is 0 Å². The molecule has 2 rings (SSSR count). The van der Waals surface area contributed by atoms with Gasteiger partial charge in [-0.3, -0.25) is 4.79 Å². The van der Waals surface area contributed by atoms with Crippen molar-refractivity contribution < 1.29 is 14.3 Å². The first-order valence-electron chi connectivity index (χ1n) is 7.10. The lowest BCUT2D eigenvalue weighted by atomic mass is 10.1. The monoisotopic (exact) mass is 291 g/mol. The Kier molecular flexibility index (Phi) is 4.45. The van der Waals surface area contributed by atoms with E-state index in [9.17, 15) is 9.59 Å². The average molecular weight is 291 g/mol. The first-order chi connectivity index (χ1) is 9.85. The van der Waals surface area contributed by atoms with Gasteiger partial charge in [0.05, 0.1) is 6.20 Å². The fourth-order valence-electron chi connectivity index (χ4n) is 2.09. The Hall–Kier alpha value is -2.11. The number of rotatable bonds is 2.